The molecule has 1 heterocycles. The first kappa shape index (κ1) is 18.4. The Balaban J connectivity index is 1.17. The number of halogens is 1. The van der Waals surface area contributed by atoms with Crippen molar-refractivity contribution >= 4 is 38.4 Å². The highest BCUT2D eigenvalue weighted by Gasteiger charge is 2.54. The molecule has 3 aromatic rings. The molecular formula is C22H21BrN4O2. The number of hydrogen-bond acceptors (Lipinski definition) is 3. The third-order valence-corrected chi connectivity index (χ3v) is 6.80. The lowest BCUT2D eigenvalue weighted by molar-refractivity contribution is -0.0172. The summed E-state index contributed by atoms with van der Waals surface area (Å²) in [6, 6.07) is 15.3. The highest BCUT2D eigenvalue weighted by atomic mass is 79.9. The van der Waals surface area contributed by atoms with Crippen molar-refractivity contribution in [2.45, 2.75) is 37.6 Å². The average Bonchev–Trinajstić information content (AvgIpc) is 2.66. The number of carbonyl (C=O) groups is 1. The van der Waals surface area contributed by atoms with Crippen LogP contribution in [0, 0.1) is 5.41 Å². The molecule has 2 fully saturated rings. The van der Waals surface area contributed by atoms with Gasteiger partial charge in [0, 0.05) is 27.5 Å². The van der Waals surface area contributed by atoms with Crippen LogP contribution in [0.2, 0.25) is 0 Å². The van der Waals surface area contributed by atoms with Crippen molar-refractivity contribution in [1.29, 1.82) is 0 Å². The lowest BCUT2D eigenvalue weighted by Gasteiger charge is -2.57. The maximum absolute atomic E-state index is 12.2. The minimum atomic E-state index is -0.156. The lowest BCUT2D eigenvalue weighted by Crippen LogP contribution is -2.56. The van der Waals surface area contributed by atoms with Gasteiger partial charge in [-0.15, -0.1) is 0 Å². The minimum absolute atomic E-state index is 0.136. The SMILES string of the molecule is O=C(Nc1ccc(Br)cc1)N[C@H]1CC2(C1)C[C@H](c1n[nH]c(=O)c3ccccc31)C2. The monoisotopic (exact) mass is 452 g/mol. The molecule has 29 heavy (non-hydrogen) atoms. The second-order valence-corrected chi connectivity index (χ2v) is 9.21. The first-order valence-electron chi connectivity index (χ1n) is 9.82. The van der Waals surface area contributed by atoms with Gasteiger partial charge in [0.05, 0.1) is 11.1 Å². The third-order valence-electron chi connectivity index (χ3n) is 6.27. The summed E-state index contributed by atoms with van der Waals surface area (Å²) in [5, 5.41) is 14.6. The van der Waals surface area contributed by atoms with E-state index in [1.807, 2.05) is 48.5 Å². The lowest BCUT2D eigenvalue weighted by atomic mass is 9.49. The van der Waals surface area contributed by atoms with E-state index in [4.69, 9.17) is 0 Å². The molecule has 2 aliphatic carbocycles. The Labute approximate surface area is 176 Å². The van der Waals surface area contributed by atoms with Crippen molar-refractivity contribution in [3.05, 3.63) is 69.1 Å². The quantitative estimate of drug-likeness (QED) is 0.545. The van der Waals surface area contributed by atoms with Crippen LogP contribution in [0.1, 0.15) is 37.3 Å². The van der Waals surface area contributed by atoms with E-state index < -0.39 is 0 Å². The summed E-state index contributed by atoms with van der Waals surface area (Å²) in [6.07, 6.45) is 4.11. The Hall–Kier alpha value is -2.67. The largest absolute Gasteiger partial charge is 0.335 e. The standard InChI is InChI=1S/C22H21BrN4O2/c23-14-5-7-15(8-6-14)24-21(29)25-16-11-22(12-16)9-13(10-22)19-17-3-1-2-4-18(17)20(28)27-26-19/h1-8,13,16H,9-12H2,(H,27,28)(H2,24,25,29)/t13-,16-,22?. The highest BCUT2D eigenvalue weighted by molar-refractivity contribution is 9.10. The first-order chi connectivity index (χ1) is 14.0. The zero-order valence-electron chi connectivity index (χ0n) is 15.7. The van der Waals surface area contributed by atoms with Gasteiger partial charge in [-0.25, -0.2) is 9.89 Å². The zero-order valence-corrected chi connectivity index (χ0v) is 17.3. The fourth-order valence-corrected chi connectivity index (χ4v) is 5.20. The fraction of sp³-hybridized carbons (Fsp3) is 0.318. The van der Waals surface area contributed by atoms with Gasteiger partial charge >= 0.3 is 6.03 Å². The molecule has 2 aromatic carbocycles. The number of carbonyl (C=O) groups excluding carboxylic acids is 1. The topological polar surface area (TPSA) is 86.9 Å². The molecule has 1 aromatic heterocycles. The number of aromatic nitrogens is 2. The van der Waals surface area contributed by atoms with Crippen LogP contribution in [0.5, 0.6) is 0 Å². The van der Waals surface area contributed by atoms with Gasteiger partial charge in [-0.3, -0.25) is 4.79 Å². The third kappa shape index (κ3) is 3.44. The van der Waals surface area contributed by atoms with Crippen molar-refractivity contribution in [1.82, 2.24) is 15.5 Å². The number of amides is 2. The number of nitrogens with one attached hydrogen (secondary N) is 3. The van der Waals surface area contributed by atoms with Gasteiger partial charge in [-0.1, -0.05) is 34.1 Å². The van der Waals surface area contributed by atoms with E-state index in [2.05, 4.69) is 36.8 Å². The molecule has 0 unspecified atom stereocenters. The van der Waals surface area contributed by atoms with Crippen molar-refractivity contribution < 1.29 is 4.79 Å². The smallest absolute Gasteiger partial charge is 0.319 e. The van der Waals surface area contributed by atoms with Crippen molar-refractivity contribution in [3.8, 4) is 0 Å². The molecule has 2 saturated carbocycles. The van der Waals surface area contributed by atoms with Crippen LogP contribution in [0.4, 0.5) is 10.5 Å². The van der Waals surface area contributed by atoms with Gasteiger partial charge in [0.1, 0.15) is 0 Å². The number of fused-ring (bicyclic) bond motifs is 1. The summed E-state index contributed by atoms with van der Waals surface area (Å²) in [5.41, 5.74) is 1.94. The molecular weight excluding hydrogens is 432 g/mol. The number of nitrogens with zero attached hydrogens (tertiary/aromatic N) is 1. The van der Waals surface area contributed by atoms with Crippen LogP contribution in [0.15, 0.2) is 57.8 Å². The van der Waals surface area contributed by atoms with Gasteiger partial charge in [-0.2, -0.15) is 5.10 Å². The van der Waals surface area contributed by atoms with Crippen LogP contribution in [-0.4, -0.2) is 22.3 Å². The zero-order chi connectivity index (χ0) is 20.0. The first-order valence-corrected chi connectivity index (χ1v) is 10.6. The summed E-state index contributed by atoms with van der Waals surface area (Å²) in [7, 11) is 0. The van der Waals surface area contributed by atoms with Crippen LogP contribution in [-0.2, 0) is 0 Å². The number of hydrogen-bond donors (Lipinski definition) is 3. The Bertz CT molecular complexity index is 1130. The molecule has 6 nitrogen and oxygen atoms in total. The molecule has 1 spiro atoms. The molecule has 5 rings (SSSR count). The molecule has 148 valence electrons. The van der Waals surface area contributed by atoms with Gasteiger partial charge in [-0.05, 0) is 61.4 Å². The fourth-order valence-electron chi connectivity index (χ4n) is 4.93. The van der Waals surface area contributed by atoms with E-state index in [0.717, 1.165) is 46.9 Å². The molecule has 0 aliphatic heterocycles. The average molecular weight is 453 g/mol. The summed E-state index contributed by atoms with van der Waals surface area (Å²) in [4.78, 5) is 24.2. The molecule has 0 saturated heterocycles. The normalized spacial score (nSPS) is 25.3. The van der Waals surface area contributed by atoms with Gasteiger partial charge in [0.15, 0.2) is 0 Å². The predicted molar refractivity (Wildman–Crippen MR) is 116 cm³/mol. The van der Waals surface area contributed by atoms with E-state index in [1.165, 1.54) is 0 Å². The van der Waals surface area contributed by atoms with Crippen molar-refractivity contribution in [3.63, 3.8) is 0 Å². The molecule has 0 bridgehead atoms. The van der Waals surface area contributed by atoms with Crippen LogP contribution < -0.4 is 16.2 Å². The molecule has 2 aliphatic rings. The summed E-state index contributed by atoms with van der Waals surface area (Å²) in [6.45, 7) is 0. The maximum atomic E-state index is 12.2. The number of benzene rings is 2. The van der Waals surface area contributed by atoms with Crippen LogP contribution >= 0.6 is 15.9 Å². The Kier molecular flexibility index (Phi) is 4.42. The van der Waals surface area contributed by atoms with Gasteiger partial charge < -0.3 is 10.6 Å². The van der Waals surface area contributed by atoms with Crippen LogP contribution in [0.3, 0.4) is 0 Å². The minimum Gasteiger partial charge on any atom is -0.335 e. The molecule has 3 N–H and O–H groups in total. The number of rotatable bonds is 3. The summed E-state index contributed by atoms with van der Waals surface area (Å²) >= 11 is 3.39. The van der Waals surface area contributed by atoms with Crippen LogP contribution in [0.25, 0.3) is 10.8 Å². The van der Waals surface area contributed by atoms with E-state index in [0.29, 0.717) is 16.7 Å². The number of aromatic amines is 1. The van der Waals surface area contributed by atoms with Crippen molar-refractivity contribution in [2.75, 3.05) is 5.32 Å². The summed E-state index contributed by atoms with van der Waals surface area (Å²) < 4.78 is 0.980. The molecule has 7 heteroatoms. The molecule has 0 radical (unpaired) electrons. The van der Waals surface area contributed by atoms with Crippen molar-refractivity contribution in [2.24, 2.45) is 5.41 Å². The molecule has 2 amide bonds. The number of H-pyrrole nitrogens is 1. The summed E-state index contributed by atoms with van der Waals surface area (Å²) in [5.74, 6) is 0.370. The predicted octanol–water partition coefficient (Wildman–Crippen LogP) is 4.53. The van der Waals surface area contributed by atoms with Gasteiger partial charge in [0.25, 0.3) is 5.56 Å². The van der Waals surface area contributed by atoms with E-state index >= 15 is 0 Å². The van der Waals surface area contributed by atoms with E-state index in [1.54, 1.807) is 0 Å². The Morgan fingerprint density at radius 3 is 2.45 bits per heavy atom. The molecule has 0 atom stereocenters. The number of urea groups is 1. The number of anilines is 1. The van der Waals surface area contributed by atoms with E-state index in [9.17, 15) is 9.59 Å². The second kappa shape index (κ2) is 6.99. The Morgan fingerprint density at radius 1 is 1.03 bits per heavy atom. The Morgan fingerprint density at radius 2 is 1.72 bits per heavy atom. The highest BCUT2D eigenvalue weighted by Crippen LogP contribution is 2.62. The van der Waals surface area contributed by atoms with Gasteiger partial charge in [0.2, 0.25) is 0 Å². The van der Waals surface area contributed by atoms with E-state index in [-0.39, 0.29) is 17.6 Å². The maximum Gasteiger partial charge on any atom is 0.319 e. The second-order valence-electron chi connectivity index (χ2n) is 8.30.